The Bertz CT molecular complexity index is 726. The molecule has 0 spiro atoms. The third-order valence-electron chi connectivity index (χ3n) is 5.29. The second-order valence-corrected chi connectivity index (χ2v) is 7.63. The highest BCUT2D eigenvalue weighted by atomic mass is 32.1. The molecule has 5 nitrogen and oxygen atoms in total. The molecule has 2 fully saturated rings. The minimum absolute atomic E-state index is 0.0398. The van der Waals surface area contributed by atoms with Gasteiger partial charge in [-0.15, -0.1) is 0 Å². The Balaban J connectivity index is 1.45. The maximum atomic E-state index is 13.1. The van der Waals surface area contributed by atoms with Gasteiger partial charge in [0.2, 0.25) is 5.91 Å². The minimum Gasteiger partial charge on any atom is -0.472 e. The second-order valence-electron chi connectivity index (χ2n) is 6.85. The standard InChI is InChI=1S/C19H22N2O3S/c22-18(15-5-9-24-12-15)20-7-1-3-14(11-20)19(23)21-8-2-4-17(21)16-6-10-25-13-16/h5-6,9-10,12-14,17H,1-4,7-8,11H2/t14-,17+/m0/s1. The van der Waals surface area contributed by atoms with Gasteiger partial charge in [-0.25, -0.2) is 0 Å². The summed E-state index contributed by atoms with van der Waals surface area (Å²) < 4.78 is 5.02. The van der Waals surface area contributed by atoms with Crippen molar-refractivity contribution in [1.29, 1.82) is 0 Å². The Morgan fingerprint density at radius 2 is 2.04 bits per heavy atom. The van der Waals surface area contributed by atoms with Gasteiger partial charge in [0, 0.05) is 19.6 Å². The van der Waals surface area contributed by atoms with Gasteiger partial charge in [0.05, 0.1) is 23.8 Å². The summed E-state index contributed by atoms with van der Waals surface area (Å²) in [4.78, 5) is 29.5. The van der Waals surface area contributed by atoms with E-state index < -0.39 is 0 Å². The maximum Gasteiger partial charge on any atom is 0.257 e. The number of furan rings is 1. The Kier molecular flexibility index (Phi) is 4.61. The first-order chi connectivity index (χ1) is 12.2. The van der Waals surface area contributed by atoms with Crippen LogP contribution < -0.4 is 0 Å². The second kappa shape index (κ2) is 7.04. The van der Waals surface area contributed by atoms with E-state index >= 15 is 0 Å². The lowest BCUT2D eigenvalue weighted by Crippen LogP contribution is -2.46. The van der Waals surface area contributed by atoms with Gasteiger partial charge in [0.25, 0.3) is 5.91 Å². The van der Waals surface area contributed by atoms with Gasteiger partial charge in [0.1, 0.15) is 6.26 Å². The Labute approximate surface area is 151 Å². The van der Waals surface area contributed by atoms with Crippen molar-refractivity contribution >= 4 is 23.2 Å². The molecule has 0 N–H and O–H groups in total. The number of amides is 2. The summed E-state index contributed by atoms with van der Waals surface area (Å²) in [5.74, 6) is 0.0734. The summed E-state index contributed by atoms with van der Waals surface area (Å²) in [5, 5.41) is 4.22. The number of piperidine rings is 1. The number of thiophene rings is 1. The third kappa shape index (κ3) is 3.23. The van der Waals surface area contributed by atoms with Crippen molar-refractivity contribution in [3.8, 4) is 0 Å². The van der Waals surface area contributed by atoms with Gasteiger partial charge in [-0.05, 0) is 54.1 Å². The summed E-state index contributed by atoms with van der Waals surface area (Å²) in [7, 11) is 0. The summed E-state index contributed by atoms with van der Waals surface area (Å²) in [5.41, 5.74) is 1.81. The van der Waals surface area contributed by atoms with E-state index in [-0.39, 0.29) is 23.8 Å². The number of likely N-dealkylation sites (tertiary alicyclic amines) is 2. The Morgan fingerprint density at radius 1 is 1.16 bits per heavy atom. The van der Waals surface area contributed by atoms with Crippen LogP contribution in [0.5, 0.6) is 0 Å². The van der Waals surface area contributed by atoms with Crippen molar-refractivity contribution in [2.75, 3.05) is 19.6 Å². The monoisotopic (exact) mass is 358 g/mol. The molecule has 0 aromatic carbocycles. The Morgan fingerprint density at radius 3 is 2.80 bits per heavy atom. The molecule has 4 rings (SSSR count). The predicted octanol–water partition coefficient (Wildman–Crippen LogP) is 3.56. The van der Waals surface area contributed by atoms with Crippen LogP contribution in [0.15, 0.2) is 39.8 Å². The van der Waals surface area contributed by atoms with Crippen LogP contribution in [-0.2, 0) is 4.79 Å². The number of hydrogen-bond acceptors (Lipinski definition) is 4. The zero-order valence-electron chi connectivity index (χ0n) is 14.1. The average Bonchev–Trinajstić information content (AvgIpc) is 3.42. The molecule has 2 saturated heterocycles. The van der Waals surface area contributed by atoms with Crippen LogP contribution in [0.2, 0.25) is 0 Å². The molecular formula is C19H22N2O3S. The number of carbonyl (C=O) groups is 2. The summed E-state index contributed by atoms with van der Waals surface area (Å²) >= 11 is 1.68. The molecule has 6 heteroatoms. The van der Waals surface area contributed by atoms with Crippen LogP contribution in [0.25, 0.3) is 0 Å². The predicted molar refractivity (Wildman–Crippen MR) is 95.3 cm³/mol. The largest absolute Gasteiger partial charge is 0.472 e. The SMILES string of the molecule is O=C(c1ccoc1)N1CCC[C@H](C(=O)N2CCC[C@@H]2c2ccsc2)C1. The van der Waals surface area contributed by atoms with Crippen molar-refractivity contribution < 1.29 is 14.0 Å². The van der Waals surface area contributed by atoms with E-state index in [1.54, 1.807) is 22.3 Å². The van der Waals surface area contributed by atoms with E-state index in [2.05, 4.69) is 16.8 Å². The molecule has 2 aliphatic heterocycles. The number of rotatable bonds is 3. The zero-order valence-corrected chi connectivity index (χ0v) is 14.9. The number of hydrogen-bond donors (Lipinski definition) is 0. The van der Waals surface area contributed by atoms with Crippen LogP contribution >= 0.6 is 11.3 Å². The molecule has 2 amide bonds. The third-order valence-corrected chi connectivity index (χ3v) is 5.99. The molecule has 0 saturated carbocycles. The lowest BCUT2D eigenvalue weighted by molar-refractivity contribution is -0.137. The van der Waals surface area contributed by atoms with E-state index in [1.807, 2.05) is 4.90 Å². The first-order valence-corrected chi connectivity index (χ1v) is 9.82. The lowest BCUT2D eigenvalue weighted by Gasteiger charge is -2.35. The van der Waals surface area contributed by atoms with Gasteiger partial charge in [-0.1, -0.05) is 0 Å². The molecular weight excluding hydrogens is 336 g/mol. The fourth-order valence-electron chi connectivity index (χ4n) is 4.01. The topological polar surface area (TPSA) is 53.8 Å². The molecule has 2 atom stereocenters. The summed E-state index contributed by atoms with van der Waals surface area (Å²) in [6.07, 6.45) is 6.80. The maximum absolute atomic E-state index is 13.1. The first kappa shape index (κ1) is 16.4. The normalized spacial score (nSPS) is 23.8. The van der Waals surface area contributed by atoms with Crippen LogP contribution in [-0.4, -0.2) is 41.2 Å². The number of carbonyl (C=O) groups excluding carboxylic acids is 2. The van der Waals surface area contributed by atoms with E-state index in [1.165, 1.54) is 18.1 Å². The number of nitrogens with zero attached hydrogens (tertiary/aromatic N) is 2. The van der Waals surface area contributed by atoms with Crippen molar-refractivity contribution in [3.63, 3.8) is 0 Å². The molecule has 25 heavy (non-hydrogen) atoms. The van der Waals surface area contributed by atoms with Crippen molar-refractivity contribution in [2.24, 2.45) is 5.92 Å². The molecule has 2 aromatic heterocycles. The fraction of sp³-hybridized carbons (Fsp3) is 0.474. The van der Waals surface area contributed by atoms with Crippen molar-refractivity contribution in [3.05, 3.63) is 46.5 Å². The highest BCUT2D eigenvalue weighted by Crippen LogP contribution is 2.35. The molecule has 132 valence electrons. The first-order valence-electron chi connectivity index (χ1n) is 8.88. The van der Waals surface area contributed by atoms with Crippen LogP contribution in [0.3, 0.4) is 0 Å². The molecule has 2 aromatic rings. The molecule has 0 radical (unpaired) electrons. The van der Waals surface area contributed by atoms with Crippen LogP contribution in [0.4, 0.5) is 0 Å². The zero-order chi connectivity index (χ0) is 17.2. The lowest BCUT2D eigenvalue weighted by atomic mass is 9.95. The van der Waals surface area contributed by atoms with Gasteiger partial charge in [-0.2, -0.15) is 11.3 Å². The summed E-state index contributed by atoms with van der Waals surface area (Å²) in [6.45, 7) is 2.04. The molecule has 0 unspecified atom stereocenters. The minimum atomic E-state index is -0.0937. The van der Waals surface area contributed by atoms with Crippen LogP contribution in [0, 0.1) is 5.92 Å². The van der Waals surface area contributed by atoms with Crippen molar-refractivity contribution in [1.82, 2.24) is 9.80 Å². The molecule has 4 heterocycles. The fourth-order valence-corrected chi connectivity index (χ4v) is 4.72. The average molecular weight is 358 g/mol. The van der Waals surface area contributed by atoms with E-state index in [0.29, 0.717) is 18.7 Å². The highest BCUT2D eigenvalue weighted by Gasteiger charge is 2.37. The van der Waals surface area contributed by atoms with Gasteiger partial charge >= 0.3 is 0 Å². The van der Waals surface area contributed by atoms with E-state index in [0.717, 1.165) is 32.2 Å². The highest BCUT2D eigenvalue weighted by molar-refractivity contribution is 7.08. The van der Waals surface area contributed by atoms with Crippen LogP contribution in [0.1, 0.15) is 47.6 Å². The molecule has 0 aliphatic carbocycles. The van der Waals surface area contributed by atoms with E-state index in [9.17, 15) is 9.59 Å². The van der Waals surface area contributed by atoms with Gasteiger partial charge in [-0.3, -0.25) is 9.59 Å². The van der Waals surface area contributed by atoms with Gasteiger partial charge in [0.15, 0.2) is 0 Å². The summed E-state index contributed by atoms with van der Waals surface area (Å²) in [6, 6.07) is 4.01. The van der Waals surface area contributed by atoms with Crippen molar-refractivity contribution in [2.45, 2.75) is 31.7 Å². The molecule has 0 bridgehead atoms. The quantitative estimate of drug-likeness (QED) is 0.843. The Hall–Kier alpha value is -2.08. The smallest absolute Gasteiger partial charge is 0.257 e. The molecule has 2 aliphatic rings. The van der Waals surface area contributed by atoms with Gasteiger partial charge < -0.3 is 14.2 Å². The van der Waals surface area contributed by atoms with E-state index in [4.69, 9.17) is 4.42 Å².